The zero-order valence-corrected chi connectivity index (χ0v) is 42.4. The first-order valence-electron chi connectivity index (χ1n) is 27.1. The molecule has 65 heavy (non-hydrogen) atoms. The highest BCUT2D eigenvalue weighted by molar-refractivity contribution is 7.85. The van der Waals surface area contributed by atoms with Gasteiger partial charge in [0.2, 0.25) is 0 Å². The number of hydrogen-bond acceptors (Lipinski definition) is 11. The highest BCUT2D eigenvalue weighted by atomic mass is 32.2. The molecule has 1 rings (SSSR count). The number of aliphatic hydroxyl groups is 3. The Labute approximate surface area is 397 Å². The third-order valence-corrected chi connectivity index (χ3v) is 13.7. The molecule has 1 saturated heterocycles. The first kappa shape index (κ1) is 61.7. The van der Waals surface area contributed by atoms with Crippen LogP contribution in [0.3, 0.4) is 0 Å². The molecule has 0 spiro atoms. The van der Waals surface area contributed by atoms with Crippen LogP contribution in [0.5, 0.6) is 0 Å². The van der Waals surface area contributed by atoms with Crippen molar-refractivity contribution in [1.82, 2.24) is 0 Å². The molecule has 4 N–H and O–H groups in total. The zero-order chi connectivity index (χ0) is 47.6. The fourth-order valence-electron chi connectivity index (χ4n) is 8.74. The standard InChI is InChI=1S/C52H100O12S/c1-3-5-7-9-11-13-15-17-19-20-21-22-23-24-25-27-29-31-33-35-37-39-41-48(54)63-45(43-62-52-51(57)50(56)49(55)46(64-52)44-65(58,59)60)42-61-47(53)40-38-36-34-32-30-28-26-18-16-14-12-10-8-6-4-2/h45-46,49-52,55-57H,3-44H2,1-2H3,(H,58,59,60)/t45-,46-,49-,50?,51?,52+/m1/s1. The molecule has 0 aromatic carbocycles. The Morgan fingerprint density at radius 2 is 0.785 bits per heavy atom. The van der Waals surface area contributed by atoms with E-state index in [1.165, 1.54) is 186 Å². The Morgan fingerprint density at radius 3 is 1.12 bits per heavy atom. The number of rotatable bonds is 47. The zero-order valence-electron chi connectivity index (χ0n) is 41.6. The number of aliphatic hydroxyl groups excluding tert-OH is 3. The first-order valence-corrected chi connectivity index (χ1v) is 28.7. The number of esters is 2. The van der Waals surface area contributed by atoms with Crippen molar-refractivity contribution < 1.29 is 56.8 Å². The maximum atomic E-state index is 12.9. The summed E-state index contributed by atoms with van der Waals surface area (Å²) in [6.45, 7) is 3.82. The SMILES string of the molecule is CCCCCCCCCCCCCCCCCCCCCCCCC(=O)O[C@H](COC(=O)CCCCCCCCCCCCCCCCC)CO[C@H]1O[C@H](CS(=O)(=O)O)[C@@H](O)C(O)C1O. The Morgan fingerprint density at radius 1 is 0.462 bits per heavy atom. The maximum absolute atomic E-state index is 12.9. The summed E-state index contributed by atoms with van der Waals surface area (Å²) in [5.41, 5.74) is 0. The van der Waals surface area contributed by atoms with Gasteiger partial charge < -0.3 is 34.3 Å². The number of carbonyl (C=O) groups excluding carboxylic acids is 2. The number of hydrogen-bond donors (Lipinski definition) is 4. The summed E-state index contributed by atoms with van der Waals surface area (Å²) in [6.07, 6.45) is 37.2. The molecule has 0 bridgehead atoms. The molecule has 1 aliphatic rings. The van der Waals surface area contributed by atoms with Crippen LogP contribution in [0.4, 0.5) is 0 Å². The largest absolute Gasteiger partial charge is 0.462 e. The van der Waals surface area contributed by atoms with E-state index in [9.17, 15) is 37.9 Å². The maximum Gasteiger partial charge on any atom is 0.306 e. The lowest BCUT2D eigenvalue weighted by molar-refractivity contribution is -0.297. The summed E-state index contributed by atoms with van der Waals surface area (Å²) in [6, 6.07) is 0. The van der Waals surface area contributed by atoms with Crippen LogP contribution in [0.1, 0.15) is 264 Å². The van der Waals surface area contributed by atoms with E-state index in [0.29, 0.717) is 12.8 Å². The van der Waals surface area contributed by atoms with Gasteiger partial charge in [-0.3, -0.25) is 14.1 Å². The lowest BCUT2D eigenvalue weighted by atomic mass is 10.00. The van der Waals surface area contributed by atoms with E-state index in [4.69, 9.17) is 18.9 Å². The van der Waals surface area contributed by atoms with Crippen molar-refractivity contribution in [3.8, 4) is 0 Å². The fraction of sp³-hybridized carbons (Fsp3) is 0.962. The molecule has 0 aromatic heterocycles. The summed E-state index contributed by atoms with van der Waals surface area (Å²) >= 11 is 0. The summed E-state index contributed by atoms with van der Waals surface area (Å²) < 4.78 is 54.3. The molecule has 1 aliphatic heterocycles. The van der Waals surface area contributed by atoms with Crippen LogP contribution in [0.25, 0.3) is 0 Å². The molecule has 1 fully saturated rings. The van der Waals surface area contributed by atoms with E-state index in [2.05, 4.69) is 13.8 Å². The molecule has 0 amide bonds. The minimum atomic E-state index is -4.60. The number of carbonyl (C=O) groups is 2. The van der Waals surface area contributed by atoms with Crippen LogP contribution in [0.15, 0.2) is 0 Å². The lowest BCUT2D eigenvalue weighted by Crippen LogP contribution is -2.60. The quantitative estimate of drug-likeness (QED) is 0.0257. The van der Waals surface area contributed by atoms with Crippen molar-refractivity contribution in [1.29, 1.82) is 0 Å². The third-order valence-electron chi connectivity index (χ3n) is 12.9. The van der Waals surface area contributed by atoms with Crippen LogP contribution in [0.2, 0.25) is 0 Å². The average Bonchev–Trinajstić information content (AvgIpc) is 3.27. The average molecular weight is 949 g/mol. The minimum absolute atomic E-state index is 0.173. The Bertz CT molecular complexity index is 1200. The molecule has 2 unspecified atom stereocenters. The van der Waals surface area contributed by atoms with Crippen LogP contribution < -0.4 is 0 Å². The van der Waals surface area contributed by atoms with Gasteiger partial charge in [0.15, 0.2) is 12.4 Å². The van der Waals surface area contributed by atoms with E-state index < -0.39 is 71.2 Å². The minimum Gasteiger partial charge on any atom is -0.462 e. The Kier molecular flexibility index (Phi) is 40.5. The van der Waals surface area contributed by atoms with Crippen LogP contribution in [-0.2, 0) is 38.7 Å². The van der Waals surface area contributed by atoms with Gasteiger partial charge in [-0.25, -0.2) is 0 Å². The van der Waals surface area contributed by atoms with Crippen molar-refractivity contribution >= 4 is 22.1 Å². The predicted octanol–water partition coefficient (Wildman–Crippen LogP) is 12.4. The summed E-state index contributed by atoms with van der Waals surface area (Å²) in [5.74, 6) is -1.96. The van der Waals surface area contributed by atoms with E-state index in [1.54, 1.807) is 0 Å². The molecule has 12 nitrogen and oxygen atoms in total. The molecule has 0 radical (unpaired) electrons. The van der Waals surface area contributed by atoms with Crippen molar-refractivity contribution in [2.75, 3.05) is 19.0 Å². The monoisotopic (exact) mass is 949 g/mol. The molecule has 386 valence electrons. The van der Waals surface area contributed by atoms with Gasteiger partial charge >= 0.3 is 11.9 Å². The van der Waals surface area contributed by atoms with Crippen molar-refractivity contribution in [3.05, 3.63) is 0 Å². The normalized spacial score (nSPS) is 19.4. The molecule has 6 atom stereocenters. The van der Waals surface area contributed by atoms with Crippen molar-refractivity contribution in [2.24, 2.45) is 0 Å². The van der Waals surface area contributed by atoms with Gasteiger partial charge in [0.05, 0.1) is 6.61 Å². The second-order valence-corrected chi connectivity index (χ2v) is 20.8. The van der Waals surface area contributed by atoms with Gasteiger partial charge in [-0.05, 0) is 12.8 Å². The Balaban J connectivity index is 2.31. The van der Waals surface area contributed by atoms with Crippen molar-refractivity contribution in [2.45, 2.75) is 301 Å². The molecule has 1 heterocycles. The van der Waals surface area contributed by atoms with Crippen molar-refractivity contribution in [3.63, 3.8) is 0 Å². The van der Waals surface area contributed by atoms with Gasteiger partial charge in [0.25, 0.3) is 10.1 Å². The summed E-state index contributed by atoms with van der Waals surface area (Å²) in [7, 11) is -4.60. The number of unbranched alkanes of at least 4 members (excludes halogenated alkanes) is 35. The Hall–Kier alpha value is -1.35. The van der Waals surface area contributed by atoms with Crippen LogP contribution in [-0.4, -0.2) is 96.0 Å². The molecule has 0 aliphatic carbocycles. The topological polar surface area (TPSA) is 186 Å². The van der Waals surface area contributed by atoms with E-state index >= 15 is 0 Å². The first-order chi connectivity index (χ1) is 31.5. The molecule has 0 saturated carbocycles. The molecule has 0 aromatic rings. The highest BCUT2D eigenvalue weighted by Gasteiger charge is 2.46. The molecule has 13 heteroatoms. The molecular weight excluding hydrogens is 849 g/mol. The summed E-state index contributed by atoms with van der Waals surface area (Å²) in [4.78, 5) is 25.5. The second-order valence-electron chi connectivity index (χ2n) is 19.3. The van der Waals surface area contributed by atoms with Gasteiger partial charge in [0.1, 0.15) is 36.8 Å². The predicted molar refractivity (Wildman–Crippen MR) is 261 cm³/mol. The van der Waals surface area contributed by atoms with Gasteiger partial charge in [-0.15, -0.1) is 0 Å². The van der Waals surface area contributed by atoms with Gasteiger partial charge in [-0.1, -0.05) is 239 Å². The van der Waals surface area contributed by atoms with Gasteiger partial charge in [0, 0.05) is 12.8 Å². The van der Waals surface area contributed by atoms with E-state index in [1.807, 2.05) is 0 Å². The van der Waals surface area contributed by atoms with Crippen LogP contribution >= 0.6 is 0 Å². The third kappa shape index (κ3) is 37.3. The lowest BCUT2D eigenvalue weighted by Gasteiger charge is -2.40. The van der Waals surface area contributed by atoms with Gasteiger partial charge in [-0.2, -0.15) is 8.42 Å². The molecular formula is C52H100O12S. The van der Waals surface area contributed by atoms with E-state index in [0.717, 1.165) is 38.5 Å². The second kappa shape index (κ2) is 42.7. The number of ether oxygens (including phenoxy) is 4. The summed E-state index contributed by atoms with van der Waals surface area (Å²) in [5, 5.41) is 31.0. The van der Waals surface area contributed by atoms with Crippen LogP contribution in [0, 0.1) is 0 Å². The smallest absolute Gasteiger partial charge is 0.306 e. The fourth-order valence-corrected chi connectivity index (χ4v) is 9.43. The van der Waals surface area contributed by atoms with E-state index in [-0.39, 0.29) is 19.4 Å². The highest BCUT2D eigenvalue weighted by Crippen LogP contribution is 2.24.